The Balaban J connectivity index is 1.94. The molecule has 2 aromatic rings. The van der Waals surface area contributed by atoms with Crippen molar-refractivity contribution >= 4 is 5.69 Å². The maximum absolute atomic E-state index is 12.8. The number of benzene rings is 2. The second-order valence-corrected chi connectivity index (χ2v) is 4.42. The summed E-state index contributed by atoms with van der Waals surface area (Å²) in [4.78, 5) is 0. The molecule has 0 radical (unpaired) electrons. The molecule has 0 aliphatic carbocycles. The molecule has 2 rings (SSSR count). The van der Waals surface area contributed by atoms with Crippen molar-refractivity contribution in [2.45, 2.75) is 19.4 Å². The third kappa shape index (κ3) is 3.48. The van der Waals surface area contributed by atoms with E-state index in [0.717, 1.165) is 17.7 Å². The Bertz CT molecular complexity index is 445. The van der Waals surface area contributed by atoms with E-state index in [2.05, 4.69) is 12.2 Å². The molecule has 0 amide bonds. The second kappa shape index (κ2) is 5.54. The molecule has 94 valence electrons. The third-order valence-electron chi connectivity index (χ3n) is 2.74. The Morgan fingerprint density at radius 2 is 1.67 bits per heavy atom. The highest BCUT2D eigenvalue weighted by atomic mass is 19.1. The number of rotatable bonds is 4. The topological polar surface area (TPSA) is 32.3 Å². The van der Waals surface area contributed by atoms with Crippen molar-refractivity contribution in [1.29, 1.82) is 0 Å². The zero-order chi connectivity index (χ0) is 13.0. The summed E-state index contributed by atoms with van der Waals surface area (Å²) < 4.78 is 12.8. The predicted octanol–water partition coefficient (Wildman–Crippen LogP) is 3.57. The van der Waals surface area contributed by atoms with Gasteiger partial charge in [0, 0.05) is 11.7 Å². The number of hydrogen-bond acceptors (Lipinski definition) is 2. The van der Waals surface area contributed by atoms with E-state index < -0.39 is 0 Å². The lowest BCUT2D eigenvalue weighted by Crippen LogP contribution is -2.17. The van der Waals surface area contributed by atoms with Gasteiger partial charge < -0.3 is 10.4 Å². The number of anilines is 1. The standard InChI is InChI=1S/C15H16FNO/c1-11(10-12-2-8-15(18)9-3-12)17-14-6-4-13(16)5-7-14/h2-9,11,17-18H,10H2,1H3. The second-order valence-electron chi connectivity index (χ2n) is 4.42. The first kappa shape index (κ1) is 12.4. The van der Waals surface area contributed by atoms with Crippen molar-refractivity contribution in [3.63, 3.8) is 0 Å². The molecule has 0 spiro atoms. The monoisotopic (exact) mass is 245 g/mol. The molecular formula is C15H16FNO. The molecule has 0 heterocycles. The van der Waals surface area contributed by atoms with Crippen LogP contribution in [0.2, 0.25) is 0 Å². The van der Waals surface area contributed by atoms with Crippen LogP contribution < -0.4 is 5.32 Å². The Labute approximate surface area is 106 Å². The van der Waals surface area contributed by atoms with Gasteiger partial charge in [-0.05, 0) is 55.3 Å². The van der Waals surface area contributed by atoms with Gasteiger partial charge in [-0.3, -0.25) is 0 Å². The number of nitrogens with one attached hydrogen (secondary N) is 1. The molecule has 18 heavy (non-hydrogen) atoms. The van der Waals surface area contributed by atoms with Crippen molar-refractivity contribution in [2.24, 2.45) is 0 Å². The van der Waals surface area contributed by atoms with Gasteiger partial charge in [-0.15, -0.1) is 0 Å². The predicted molar refractivity (Wildman–Crippen MR) is 71.3 cm³/mol. The first-order valence-electron chi connectivity index (χ1n) is 5.93. The van der Waals surface area contributed by atoms with Crippen LogP contribution >= 0.6 is 0 Å². The van der Waals surface area contributed by atoms with E-state index in [0.29, 0.717) is 0 Å². The van der Waals surface area contributed by atoms with Crippen molar-refractivity contribution in [3.05, 3.63) is 59.9 Å². The van der Waals surface area contributed by atoms with Crippen molar-refractivity contribution in [3.8, 4) is 5.75 Å². The van der Waals surface area contributed by atoms with E-state index in [1.807, 2.05) is 12.1 Å². The minimum atomic E-state index is -0.230. The van der Waals surface area contributed by atoms with E-state index >= 15 is 0 Å². The van der Waals surface area contributed by atoms with Gasteiger partial charge >= 0.3 is 0 Å². The zero-order valence-electron chi connectivity index (χ0n) is 10.2. The molecular weight excluding hydrogens is 229 g/mol. The van der Waals surface area contributed by atoms with Gasteiger partial charge in [0.1, 0.15) is 11.6 Å². The van der Waals surface area contributed by atoms with E-state index in [1.165, 1.54) is 12.1 Å². The fourth-order valence-corrected chi connectivity index (χ4v) is 1.87. The molecule has 2 aromatic carbocycles. The molecule has 2 N–H and O–H groups in total. The number of phenols is 1. The van der Waals surface area contributed by atoms with E-state index in [-0.39, 0.29) is 17.6 Å². The van der Waals surface area contributed by atoms with Crippen LogP contribution in [0, 0.1) is 5.82 Å². The van der Waals surface area contributed by atoms with Gasteiger partial charge in [-0.1, -0.05) is 12.1 Å². The lowest BCUT2D eigenvalue weighted by atomic mass is 10.1. The summed E-state index contributed by atoms with van der Waals surface area (Å²) in [6, 6.07) is 13.7. The van der Waals surface area contributed by atoms with E-state index in [9.17, 15) is 9.50 Å². The van der Waals surface area contributed by atoms with Crippen LogP contribution in [0.1, 0.15) is 12.5 Å². The molecule has 0 aromatic heterocycles. The minimum Gasteiger partial charge on any atom is -0.508 e. The molecule has 3 heteroatoms. The molecule has 2 nitrogen and oxygen atoms in total. The highest BCUT2D eigenvalue weighted by Crippen LogP contribution is 2.14. The normalized spacial score (nSPS) is 12.1. The van der Waals surface area contributed by atoms with E-state index in [4.69, 9.17) is 0 Å². The Morgan fingerprint density at radius 1 is 1.06 bits per heavy atom. The fraction of sp³-hybridized carbons (Fsp3) is 0.200. The van der Waals surface area contributed by atoms with Crippen LogP contribution in [0.5, 0.6) is 5.75 Å². The lowest BCUT2D eigenvalue weighted by molar-refractivity contribution is 0.475. The van der Waals surface area contributed by atoms with Crippen LogP contribution in [0.4, 0.5) is 10.1 Å². The van der Waals surface area contributed by atoms with Crippen LogP contribution in [0.25, 0.3) is 0 Å². The number of halogens is 1. The van der Waals surface area contributed by atoms with Crippen LogP contribution in [0.3, 0.4) is 0 Å². The van der Waals surface area contributed by atoms with Crippen molar-refractivity contribution in [2.75, 3.05) is 5.32 Å². The van der Waals surface area contributed by atoms with Crippen molar-refractivity contribution in [1.82, 2.24) is 0 Å². The fourth-order valence-electron chi connectivity index (χ4n) is 1.87. The highest BCUT2D eigenvalue weighted by Gasteiger charge is 2.04. The Morgan fingerprint density at radius 3 is 2.28 bits per heavy atom. The van der Waals surface area contributed by atoms with Gasteiger partial charge in [-0.2, -0.15) is 0 Å². The minimum absolute atomic E-state index is 0.230. The van der Waals surface area contributed by atoms with Gasteiger partial charge in [0.15, 0.2) is 0 Å². The maximum Gasteiger partial charge on any atom is 0.123 e. The third-order valence-corrected chi connectivity index (χ3v) is 2.74. The van der Waals surface area contributed by atoms with Crippen LogP contribution in [-0.4, -0.2) is 11.1 Å². The highest BCUT2D eigenvalue weighted by molar-refractivity contribution is 5.44. The molecule has 0 saturated heterocycles. The SMILES string of the molecule is CC(Cc1ccc(O)cc1)Nc1ccc(F)cc1. The van der Waals surface area contributed by atoms with Crippen LogP contribution in [0.15, 0.2) is 48.5 Å². The molecule has 0 bridgehead atoms. The molecule has 0 saturated carbocycles. The molecule has 0 aliphatic heterocycles. The molecule has 0 aliphatic rings. The summed E-state index contributed by atoms with van der Waals surface area (Å²) in [5, 5.41) is 12.5. The first-order valence-corrected chi connectivity index (χ1v) is 5.93. The Kier molecular flexibility index (Phi) is 3.82. The quantitative estimate of drug-likeness (QED) is 0.863. The smallest absolute Gasteiger partial charge is 0.123 e. The largest absolute Gasteiger partial charge is 0.508 e. The summed E-state index contributed by atoms with van der Waals surface area (Å²) >= 11 is 0. The molecule has 0 fully saturated rings. The summed E-state index contributed by atoms with van der Waals surface area (Å²) in [5.74, 6) is 0.0460. The number of aromatic hydroxyl groups is 1. The average molecular weight is 245 g/mol. The average Bonchev–Trinajstić information content (AvgIpc) is 2.35. The van der Waals surface area contributed by atoms with Gasteiger partial charge in [0.05, 0.1) is 0 Å². The Hall–Kier alpha value is -2.03. The van der Waals surface area contributed by atoms with Gasteiger partial charge in [0.2, 0.25) is 0 Å². The zero-order valence-corrected chi connectivity index (χ0v) is 10.2. The number of hydrogen-bond donors (Lipinski definition) is 2. The summed E-state index contributed by atoms with van der Waals surface area (Å²) in [7, 11) is 0. The van der Waals surface area contributed by atoms with Gasteiger partial charge in [-0.25, -0.2) is 4.39 Å². The van der Waals surface area contributed by atoms with Crippen molar-refractivity contribution < 1.29 is 9.50 Å². The molecule has 1 unspecified atom stereocenters. The molecule has 1 atom stereocenters. The van der Waals surface area contributed by atoms with E-state index in [1.54, 1.807) is 24.3 Å². The number of phenolic OH excluding ortho intramolecular Hbond substituents is 1. The van der Waals surface area contributed by atoms with Crippen LogP contribution in [-0.2, 0) is 6.42 Å². The maximum atomic E-state index is 12.8. The summed E-state index contributed by atoms with van der Waals surface area (Å²) in [6.07, 6.45) is 0.845. The van der Waals surface area contributed by atoms with Gasteiger partial charge in [0.25, 0.3) is 0 Å². The summed E-state index contributed by atoms with van der Waals surface area (Å²) in [6.45, 7) is 2.07. The summed E-state index contributed by atoms with van der Waals surface area (Å²) in [5.41, 5.74) is 2.05. The first-order chi connectivity index (χ1) is 8.63. The lowest BCUT2D eigenvalue weighted by Gasteiger charge is -2.15.